The van der Waals surface area contributed by atoms with Gasteiger partial charge in [-0.15, -0.1) is 11.3 Å². The molecule has 2 atom stereocenters. The second-order valence-electron chi connectivity index (χ2n) is 3.88. The van der Waals surface area contributed by atoms with E-state index >= 15 is 0 Å². The molecule has 1 rings (SSSR count). The molecule has 1 heterocycles. The van der Waals surface area contributed by atoms with Crippen LogP contribution in [0.1, 0.15) is 18.7 Å². The summed E-state index contributed by atoms with van der Waals surface area (Å²) in [5, 5.41) is 2.11. The van der Waals surface area contributed by atoms with Gasteiger partial charge >= 0.3 is 0 Å². The summed E-state index contributed by atoms with van der Waals surface area (Å²) in [6.45, 7) is 4.25. The Morgan fingerprint density at radius 1 is 1.60 bits per heavy atom. The predicted octanol–water partition coefficient (Wildman–Crippen LogP) is 2.29. The van der Waals surface area contributed by atoms with E-state index in [1.54, 1.807) is 11.3 Å². The second kappa shape index (κ2) is 5.58. The Hall–Kier alpha value is -0.450. The summed E-state index contributed by atoms with van der Waals surface area (Å²) in [4.78, 5) is 4.20. The first-order valence-electron chi connectivity index (χ1n) is 5.06. The molecule has 0 spiro atoms. The molecule has 84 valence electrons. The van der Waals surface area contributed by atoms with Crippen molar-refractivity contribution in [3.63, 3.8) is 0 Å². The number of hydrogen-bond acceptors (Lipinski definition) is 3. The summed E-state index contributed by atoms with van der Waals surface area (Å²) in [5.74, 6) is 0. The van der Waals surface area contributed by atoms with Crippen molar-refractivity contribution in [2.45, 2.75) is 32.4 Å². The molecule has 1 aromatic heterocycles. The number of rotatable bonds is 5. The van der Waals surface area contributed by atoms with Crippen LogP contribution in [0.4, 0.5) is 0 Å². The molecule has 0 aromatic carbocycles. The normalized spacial score (nSPS) is 15.2. The van der Waals surface area contributed by atoms with Gasteiger partial charge in [0.1, 0.15) is 0 Å². The molecule has 2 unspecified atom stereocenters. The van der Waals surface area contributed by atoms with E-state index in [1.165, 1.54) is 4.88 Å². The molecule has 0 saturated heterocycles. The predicted molar refractivity (Wildman–Crippen MR) is 71.5 cm³/mol. The average Bonchev–Trinajstić information content (AvgIpc) is 2.67. The molecule has 2 N–H and O–H groups in total. The third-order valence-electron chi connectivity index (χ3n) is 2.79. The van der Waals surface area contributed by atoms with Crippen molar-refractivity contribution in [2.75, 3.05) is 7.05 Å². The standard InChI is InChI=1S/C11H18N2S2/c1-8(7-10-5-4-6-15-10)13(3)9(2)11(12)14/h4-6,8-9H,7H2,1-3H3,(H2,12,14). The van der Waals surface area contributed by atoms with Crippen LogP contribution in [-0.2, 0) is 6.42 Å². The number of thiophene rings is 1. The molecule has 0 aliphatic heterocycles. The lowest BCUT2D eigenvalue weighted by Gasteiger charge is -2.29. The lowest BCUT2D eigenvalue weighted by atomic mass is 10.1. The SMILES string of the molecule is CC(Cc1cccs1)N(C)C(C)C(N)=S. The fourth-order valence-electron chi connectivity index (χ4n) is 1.45. The van der Waals surface area contributed by atoms with E-state index in [0.29, 0.717) is 11.0 Å². The van der Waals surface area contributed by atoms with E-state index in [9.17, 15) is 0 Å². The highest BCUT2D eigenvalue weighted by molar-refractivity contribution is 7.80. The van der Waals surface area contributed by atoms with Gasteiger partial charge in [0.2, 0.25) is 0 Å². The van der Waals surface area contributed by atoms with Crippen LogP contribution in [0.25, 0.3) is 0 Å². The fraction of sp³-hybridized carbons (Fsp3) is 0.545. The van der Waals surface area contributed by atoms with Crippen molar-refractivity contribution in [1.29, 1.82) is 0 Å². The summed E-state index contributed by atoms with van der Waals surface area (Å²) in [7, 11) is 2.07. The molecule has 0 aliphatic carbocycles. The maximum Gasteiger partial charge on any atom is 0.0899 e. The summed E-state index contributed by atoms with van der Waals surface area (Å²) >= 11 is 6.80. The third kappa shape index (κ3) is 3.55. The third-order valence-corrected chi connectivity index (χ3v) is 4.03. The van der Waals surface area contributed by atoms with Gasteiger partial charge in [0, 0.05) is 10.9 Å². The molecule has 1 aromatic rings. The van der Waals surface area contributed by atoms with Gasteiger partial charge < -0.3 is 5.73 Å². The van der Waals surface area contributed by atoms with Gasteiger partial charge in [0.25, 0.3) is 0 Å². The highest BCUT2D eigenvalue weighted by Crippen LogP contribution is 2.14. The Morgan fingerprint density at radius 3 is 2.73 bits per heavy atom. The van der Waals surface area contributed by atoms with Crippen LogP contribution >= 0.6 is 23.6 Å². The minimum absolute atomic E-state index is 0.162. The van der Waals surface area contributed by atoms with Gasteiger partial charge in [0.05, 0.1) is 11.0 Å². The van der Waals surface area contributed by atoms with Gasteiger partial charge in [-0.05, 0) is 38.8 Å². The fourth-order valence-corrected chi connectivity index (χ4v) is 2.44. The molecular weight excluding hydrogens is 224 g/mol. The Bertz CT molecular complexity index is 308. The molecule has 4 heteroatoms. The first kappa shape index (κ1) is 12.6. The van der Waals surface area contributed by atoms with Gasteiger partial charge in [-0.1, -0.05) is 18.3 Å². The van der Waals surface area contributed by atoms with Crippen LogP contribution < -0.4 is 5.73 Å². The number of thiocarbonyl (C=S) groups is 1. The van der Waals surface area contributed by atoms with E-state index in [4.69, 9.17) is 18.0 Å². The topological polar surface area (TPSA) is 29.3 Å². The zero-order chi connectivity index (χ0) is 11.4. The highest BCUT2D eigenvalue weighted by atomic mass is 32.1. The lowest BCUT2D eigenvalue weighted by molar-refractivity contribution is 0.238. The van der Waals surface area contributed by atoms with Crippen LogP contribution in [0.3, 0.4) is 0 Å². The van der Waals surface area contributed by atoms with Crippen molar-refractivity contribution >= 4 is 28.5 Å². The summed E-state index contributed by atoms with van der Waals surface area (Å²) < 4.78 is 0. The van der Waals surface area contributed by atoms with Crippen molar-refractivity contribution in [2.24, 2.45) is 5.73 Å². The largest absolute Gasteiger partial charge is 0.392 e. The van der Waals surface area contributed by atoms with Gasteiger partial charge in [-0.25, -0.2) is 0 Å². The molecular formula is C11H18N2S2. The Balaban J connectivity index is 2.53. The van der Waals surface area contributed by atoms with E-state index in [1.807, 2.05) is 6.92 Å². The average molecular weight is 242 g/mol. The molecule has 0 bridgehead atoms. The number of likely N-dealkylation sites (N-methyl/N-ethyl adjacent to an activating group) is 1. The second-order valence-corrected chi connectivity index (χ2v) is 5.38. The molecule has 15 heavy (non-hydrogen) atoms. The minimum Gasteiger partial charge on any atom is -0.392 e. The monoisotopic (exact) mass is 242 g/mol. The van der Waals surface area contributed by atoms with Crippen molar-refractivity contribution < 1.29 is 0 Å². The lowest BCUT2D eigenvalue weighted by Crippen LogP contribution is -2.44. The van der Waals surface area contributed by atoms with Crippen LogP contribution in [0.15, 0.2) is 17.5 Å². The summed E-state index contributed by atoms with van der Waals surface area (Å²) in [5.41, 5.74) is 5.64. The Kier molecular flexibility index (Phi) is 4.70. The quantitative estimate of drug-likeness (QED) is 0.803. The number of hydrogen-bond donors (Lipinski definition) is 1. The van der Waals surface area contributed by atoms with E-state index in [0.717, 1.165) is 6.42 Å². The van der Waals surface area contributed by atoms with Crippen molar-refractivity contribution in [3.8, 4) is 0 Å². The van der Waals surface area contributed by atoms with Crippen LogP contribution in [-0.4, -0.2) is 29.0 Å². The molecule has 2 nitrogen and oxygen atoms in total. The first-order chi connectivity index (χ1) is 7.02. The van der Waals surface area contributed by atoms with Gasteiger partial charge in [-0.3, -0.25) is 4.90 Å². The van der Waals surface area contributed by atoms with Crippen molar-refractivity contribution in [1.82, 2.24) is 4.90 Å². The highest BCUT2D eigenvalue weighted by Gasteiger charge is 2.18. The zero-order valence-electron chi connectivity index (χ0n) is 9.43. The summed E-state index contributed by atoms with van der Waals surface area (Å²) in [6, 6.07) is 4.87. The molecule has 0 saturated carbocycles. The van der Waals surface area contributed by atoms with Gasteiger partial charge in [-0.2, -0.15) is 0 Å². The maximum atomic E-state index is 5.64. The smallest absolute Gasteiger partial charge is 0.0899 e. The maximum absolute atomic E-state index is 5.64. The zero-order valence-corrected chi connectivity index (χ0v) is 11.1. The molecule has 0 fully saturated rings. The van der Waals surface area contributed by atoms with E-state index < -0.39 is 0 Å². The van der Waals surface area contributed by atoms with Gasteiger partial charge in [0.15, 0.2) is 0 Å². The minimum atomic E-state index is 0.162. The number of nitrogens with zero attached hydrogens (tertiary/aromatic N) is 1. The Morgan fingerprint density at radius 2 is 2.27 bits per heavy atom. The summed E-state index contributed by atoms with van der Waals surface area (Å²) in [6.07, 6.45) is 1.06. The first-order valence-corrected chi connectivity index (χ1v) is 6.34. The van der Waals surface area contributed by atoms with Crippen molar-refractivity contribution in [3.05, 3.63) is 22.4 Å². The van der Waals surface area contributed by atoms with Crippen LogP contribution in [0.2, 0.25) is 0 Å². The molecule has 0 amide bonds. The Labute approximate surface area is 101 Å². The van der Waals surface area contributed by atoms with E-state index in [-0.39, 0.29) is 6.04 Å². The number of nitrogens with two attached hydrogens (primary N) is 1. The molecule has 0 radical (unpaired) electrons. The van der Waals surface area contributed by atoms with Crippen LogP contribution in [0.5, 0.6) is 0 Å². The molecule has 0 aliphatic rings. The van der Waals surface area contributed by atoms with Crippen LogP contribution in [0, 0.1) is 0 Å². The van der Waals surface area contributed by atoms with E-state index in [2.05, 4.69) is 36.4 Å².